The van der Waals surface area contributed by atoms with Gasteiger partial charge >= 0.3 is 0 Å². The van der Waals surface area contributed by atoms with Crippen molar-refractivity contribution in [1.82, 2.24) is 0 Å². The number of carbonyl (C=O) groups is 1. The van der Waals surface area contributed by atoms with E-state index in [0.717, 1.165) is 12.0 Å². The minimum atomic E-state index is -0.150. The average Bonchev–Trinajstić information content (AvgIpc) is 2.55. The van der Waals surface area contributed by atoms with E-state index in [9.17, 15) is 4.79 Å². The van der Waals surface area contributed by atoms with Crippen LogP contribution in [0.2, 0.25) is 0 Å². The van der Waals surface area contributed by atoms with Crippen molar-refractivity contribution in [3.8, 4) is 11.5 Å². The smallest absolute Gasteiger partial charge is 0.170 e. The molecule has 21 heavy (non-hydrogen) atoms. The van der Waals surface area contributed by atoms with Gasteiger partial charge in [-0.05, 0) is 24.1 Å². The van der Waals surface area contributed by atoms with E-state index < -0.39 is 0 Å². The highest BCUT2D eigenvalue weighted by atomic mass is 16.5. The Morgan fingerprint density at radius 3 is 2.05 bits per heavy atom. The molecule has 0 fully saturated rings. The molecule has 0 spiro atoms. The maximum atomic E-state index is 12.8. The summed E-state index contributed by atoms with van der Waals surface area (Å²) >= 11 is 0. The molecular weight excluding hydrogens is 264 g/mol. The molecule has 3 heteroatoms. The lowest BCUT2D eigenvalue weighted by Crippen LogP contribution is -2.12. The molecule has 3 nitrogen and oxygen atoms in total. The van der Waals surface area contributed by atoms with Crippen LogP contribution in [-0.2, 0) is 0 Å². The third kappa shape index (κ3) is 3.43. The monoisotopic (exact) mass is 284 g/mol. The summed E-state index contributed by atoms with van der Waals surface area (Å²) in [6.07, 6.45) is 0.752. The molecule has 2 aromatic rings. The van der Waals surface area contributed by atoms with Crippen LogP contribution >= 0.6 is 0 Å². The van der Waals surface area contributed by atoms with Crippen LogP contribution in [0.1, 0.15) is 35.2 Å². The molecule has 2 rings (SSSR count). The van der Waals surface area contributed by atoms with E-state index >= 15 is 0 Å². The lowest BCUT2D eigenvalue weighted by atomic mass is 9.88. The molecule has 0 aliphatic rings. The Morgan fingerprint density at radius 2 is 1.57 bits per heavy atom. The van der Waals surface area contributed by atoms with E-state index in [4.69, 9.17) is 9.47 Å². The van der Waals surface area contributed by atoms with Crippen molar-refractivity contribution in [2.75, 3.05) is 14.2 Å². The molecule has 0 saturated carbocycles. The summed E-state index contributed by atoms with van der Waals surface area (Å²) in [7, 11) is 3.16. The van der Waals surface area contributed by atoms with E-state index in [0.29, 0.717) is 17.1 Å². The standard InChI is InChI=1S/C18H20O3/c1-4-17(13-8-6-5-7-9-13)18(19)14-10-15(20-2)12-16(11-14)21-3/h5-12,17H,4H2,1-3H3. The van der Waals surface area contributed by atoms with Gasteiger partial charge in [-0.25, -0.2) is 0 Å². The Morgan fingerprint density at radius 1 is 1.00 bits per heavy atom. The average molecular weight is 284 g/mol. The van der Waals surface area contributed by atoms with Gasteiger partial charge in [0.05, 0.1) is 14.2 Å². The summed E-state index contributed by atoms with van der Waals surface area (Å²) in [6.45, 7) is 2.02. The van der Waals surface area contributed by atoms with Crippen molar-refractivity contribution >= 4 is 5.78 Å². The normalized spacial score (nSPS) is 11.8. The minimum Gasteiger partial charge on any atom is -0.497 e. The lowest BCUT2D eigenvalue weighted by Gasteiger charge is -2.15. The van der Waals surface area contributed by atoms with Crippen molar-refractivity contribution < 1.29 is 14.3 Å². The van der Waals surface area contributed by atoms with Gasteiger partial charge in [0.15, 0.2) is 5.78 Å². The summed E-state index contributed by atoms with van der Waals surface area (Å²) < 4.78 is 10.5. The SMILES string of the molecule is CCC(C(=O)c1cc(OC)cc(OC)c1)c1ccccc1. The van der Waals surface area contributed by atoms with Gasteiger partial charge in [0.1, 0.15) is 11.5 Å². The van der Waals surface area contributed by atoms with Crippen LogP contribution in [0, 0.1) is 0 Å². The zero-order chi connectivity index (χ0) is 15.2. The van der Waals surface area contributed by atoms with Crippen molar-refractivity contribution in [3.63, 3.8) is 0 Å². The highest BCUT2D eigenvalue weighted by molar-refractivity contribution is 6.01. The molecule has 2 aromatic carbocycles. The molecule has 0 saturated heterocycles. The second-order valence-electron chi connectivity index (χ2n) is 4.84. The Labute approximate surface area is 125 Å². The zero-order valence-corrected chi connectivity index (χ0v) is 12.6. The summed E-state index contributed by atoms with van der Waals surface area (Å²) in [5, 5.41) is 0. The highest BCUT2D eigenvalue weighted by Crippen LogP contribution is 2.29. The first-order valence-corrected chi connectivity index (χ1v) is 7.01. The highest BCUT2D eigenvalue weighted by Gasteiger charge is 2.21. The molecule has 1 unspecified atom stereocenters. The second kappa shape index (κ2) is 6.93. The number of ketones is 1. The molecule has 0 radical (unpaired) electrons. The van der Waals surface area contributed by atoms with Gasteiger partial charge in [-0.1, -0.05) is 37.3 Å². The third-order valence-corrected chi connectivity index (χ3v) is 3.56. The fourth-order valence-corrected chi connectivity index (χ4v) is 2.41. The molecule has 1 atom stereocenters. The molecule has 0 heterocycles. The van der Waals surface area contributed by atoms with E-state index in [2.05, 4.69) is 0 Å². The maximum absolute atomic E-state index is 12.8. The molecule has 0 aliphatic carbocycles. The van der Waals surface area contributed by atoms with E-state index in [1.807, 2.05) is 37.3 Å². The second-order valence-corrected chi connectivity index (χ2v) is 4.84. The van der Waals surface area contributed by atoms with Crippen LogP contribution in [0.4, 0.5) is 0 Å². The lowest BCUT2D eigenvalue weighted by molar-refractivity contribution is 0.0956. The van der Waals surface area contributed by atoms with Crippen molar-refractivity contribution in [3.05, 3.63) is 59.7 Å². The summed E-state index contributed by atoms with van der Waals surface area (Å²) in [4.78, 5) is 12.8. The van der Waals surface area contributed by atoms with Crippen molar-refractivity contribution in [2.24, 2.45) is 0 Å². The number of Topliss-reactive ketones (excluding diaryl/α,β-unsaturated/α-hetero) is 1. The zero-order valence-electron chi connectivity index (χ0n) is 12.6. The van der Waals surface area contributed by atoms with E-state index in [-0.39, 0.29) is 11.7 Å². The number of methoxy groups -OCH3 is 2. The van der Waals surface area contributed by atoms with Gasteiger partial charge < -0.3 is 9.47 Å². The largest absolute Gasteiger partial charge is 0.497 e. The van der Waals surface area contributed by atoms with Gasteiger partial charge in [-0.15, -0.1) is 0 Å². The number of ether oxygens (including phenoxy) is 2. The summed E-state index contributed by atoms with van der Waals surface area (Å²) in [5.74, 6) is 1.19. The molecule has 0 aromatic heterocycles. The number of hydrogen-bond donors (Lipinski definition) is 0. The van der Waals surface area contributed by atoms with Gasteiger partial charge in [0.25, 0.3) is 0 Å². The van der Waals surface area contributed by atoms with Gasteiger partial charge in [-0.3, -0.25) is 4.79 Å². The van der Waals surface area contributed by atoms with Gasteiger partial charge in [0.2, 0.25) is 0 Å². The maximum Gasteiger partial charge on any atom is 0.170 e. The summed E-state index contributed by atoms with van der Waals surface area (Å²) in [5.41, 5.74) is 1.65. The van der Waals surface area contributed by atoms with Crippen LogP contribution in [0.15, 0.2) is 48.5 Å². The van der Waals surface area contributed by atoms with E-state index in [1.165, 1.54) is 0 Å². The topological polar surface area (TPSA) is 35.5 Å². The molecule has 0 N–H and O–H groups in total. The Hall–Kier alpha value is -2.29. The predicted molar refractivity (Wildman–Crippen MR) is 83.4 cm³/mol. The number of hydrogen-bond acceptors (Lipinski definition) is 3. The fraction of sp³-hybridized carbons (Fsp3) is 0.278. The van der Waals surface area contributed by atoms with Crippen LogP contribution in [0.25, 0.3) is 0 Å². The van der Waals surface area contributed by atoms with Gasteiger partial charge in [0, 0.05) is 17.5 Å². The molecule has 0 bridgehead atoms. The van der Waals surface area contributed by atoms with Gasteiger partial charge in [-0.2, -0.15) is 0 Å². The van der Waals surface area contributed by atoms with Crippen LogP contribution in [0.3, 0.4) is 0 Å². The molecule has 110 valence electrons. The Balaban J connectivity index is 2.38. The first-order valence-electron chi connectivity index (χ1n) is 7.01. The molecule has 0 aliphatic heterocycles. The number of benzene rings is 2. The minimum absolute atomic E-state index is 0.0842. The van der Waals surface area contributed by atoms with Crippen LogP contribution in [-0.4, -0.2) is 20.0 Å². The van der Waals surface area contributed by atoms with E-state index in [1.54, 1.807) is 32.4 Å². The quantitative estimate of drug-likeness (QED) is 0.750. The number of carbonyl (C=O) groups excluding carboxylic acids is 1. The summed E-state index contributed by atoms with van der Waals surface area (Å²) in [6, 6.07) is 15.1. The fourth-order valence-electron chi connectivity index (χ4n) is 2.41. The first kappa shape index (κ1) is 15.1. The first-order chi connectivity index (χ1) is 10.2. The Bertz CT molecular complexity index is 583. The van der Waals surface area contributed by atoms with Crippen LogP contribution in [0.5, 0.6) is 11.5 Å². The molecular formula is C18H20O3. The number of rotatable bonds is 6. The van der Waals surface area contributed by atoms with Crippen molar-refractivity contribution in [1.29, 1.82) is 0 Å². The third-order valence-electron chi connectivity index (χ3n) is 3.56. The predicted octanol–water partition coefficient (Wildman–Crippen LogP) is 4.08. The van der Waals surface area contributed by atoms with Crippen molar-refractivity contribution in [2.45, 2.75) is 19.3 Å². The Kier molecular flexibility index (Phi) is 4.99. The van der Waals surface area contributed by atoms with Crippen LogP contribution < -0.4 is 9.47 Å². The molecule has 0 amide bonds.